The van der Waals surface area contributed by atoms with Crippen molar-refractivity contribution in [2.24, 2.45) is 46.3 Å². The molecule has 0 unspecified atom stereocenters. The zero-order chi connectivity index (χ0) is 9.03. The second kappa shape index (κ2) is 1.09. The molecule has 1 heterocycles. The summed E-state index contributed by atoms with van der Waals surface area (Å²) in [5.41, 5.74) is -0.486. The maximum atomic E-state index is 11.8. The smallest absolute Gasteiger partial charge is 0.321 e. The highest BCUT2D eigenvalue weighted by Crippen LogP contribution is 3.06. The quantitative estimate of drug-likeness (QED) is 0.403. The van der Waals surface area contributed by atoms with Crippen LogP contribution in [-0.4, -0.2) is 11.9 Å². The van der Waals surface area contributed by atoms with Gasteiger partial charge in [0.1, 0.15) is 0 Å². The molecule has 1 aliphatic heterocycles. The molecular weight excluding hydrogens is 180 g/mol. The summed E-state index contributed by atoms with van der Waals surface area (Å²) < 4.78 is 4.91. The van der Waals surface area contributed by atoms with E-state index in [0.29, 0.717) is 23.7 Å². The van der Waals surface area contributed by atoms with E-state index < -0.39 is 0 Å². The maximum Gasteiger partial charge on any atom is 0.321 e. The van der Waals surface area contributed by atoms with Crippen molar-refractivity contribution < 1.29 is 14.3 Å². The highest BCUT2D eigenvalue weighted by molar-refractivity contribution is 6.10. The van der Waals surface area contributed by atoms with Gasteiger partial charge in [0.15, 0.2) is 0 Å². The molecule has 1 saturated heterocycles. The van der Waals surface area contributed by atoms with E-state index in [9.17, 15) is 9.59 Å². The van der Waals surface area contributed by atoms with Gasteiger partial charge < -0.3 is 4.74 Å². The Morgan fingerprint density at radius 3 is 1.79 bits per heavy atom. The van der Waals surface area contributed by atoms with Crippen LogP contribution < -0.4 is 0 Å². The lowest BCUT2D eigenvalue weighted by Gasteiger charge is -2.05. The first-order valence-electron chi connectivity index (χ1n) is 5.54. The SMILES string of the molecule is O=C1OC(=O)C23[C@@H]4C5CC([C@@H]6[C@@H]5C162)[C@H]43. The van der Waals surface area contributed by atoms with E-state index in [0.717, 1.165) is 11.8 Å². The van der Waals surface area contributed by atoms with Gasteiger partial charge in [0, 0.05) is 0 Å². The minimum absolute atomic E-state index is 0.144. The Morgan fingerprint density at radius 2 is 1.36 bits per heavy atom. The summed E-state index contributed by atoms with van der Waals surface area (Å²) in [6.45, 7) is 0. The van der Waals surface area contributed by atoms with Crippen molar-refractivity contribution in [1.29, 1.82) is 0 Å². The van der Waals surface area contributed by atoms with Gasteiger partial charge in [0.05, 0.1) is 10.8 Å². The number of carbonyl (C=O) groups is 2. The van der Waals surface area contributed by atoms with Crippen molar-refractivity contribution >= 4 is 11.9 Å². The van der Waals surface area contributed by atoms with Gasteiger partial charge in [-0.15, -0.1) is 0 Å². The summed E-state index contributed by atoms with van der Waals surface area (Å²) in [6, 6.07) is 0. The van der Waals surface area contributed by atoms with E-state index in [4.69, 9.17) is 4.74 Å². The normalized spacial score (nSPS) is 82.0. The predicted molar refractivity (Wildman–Crippen MR) is 41.5 cm³/mol. The Morgan fingerprint density at radius 1 is 0.929 bits per heavy atom. The van der Waals surface area contributed by atoms with E-state index in [-0.39, 0.29) is 22.8 Å². The lowest BCUT2D eigenvalue weighted by atomic mass is 9.88. The predicted octanol–water partition coefficient (Wildman–Crippen LogP) is 0.198. The van der Waals surface area contributed by atoms with E-state index in [1.54, 1.807) is 0 Å². The van der Waals surface area contributed by atoms with Gasteiger partial charge in [-0.1, -0.05) is 0 Å². The van der Waals surface area contributed by atoms with Gasteiger partial charge in [-0.2, -0.15) is 0 Å². The van der Waals surface area contributed by atoms with Crippen LogP contribution in [0, 0.1) is 46.3 Å². The topological polar surface area (TPSA) is 43.4 Å². The molecule has 7 rings (SSSR count). The van der Waals surface area contributed by atoms with Crippen molar-refractivity contribution in [3.05, 3.63) is 0 Å². The molecule has 3 heteroatoms. The van der Waals surface area contributed by atoms with Gasteiger partial charge in [0.25, 0.3) is 0 Å². The number of rotatable bonds is 0. The summed E-state index contributed by atoms with van der Waals surface area (Å²) in [4.78, 5) is 23.6. The van der Waals surface area contributed by atoms with Crippen LogP contribution in [0.5, 0.6) is 0 Å². The van der Waals surface area contributed by atoms with Gasteiger partial charge >= 0.3 is 11.9 Å². The lowest BCUT2D eigenvalue weighted by molar-refractivity contribution is -0.155. The Labute approximate surface area is 79.8 Å². The molecule has 0 amide bonds. The molecule has 7 aliphatic rings. The summed E-state index contributed by atoms with van der Waals surface area (Å²) >= 11 is 0. The average molecular weight is 188 g/mol. The second-order valence-corrected chi connectivity index (χ2v) is 6.08. The highest BCUT2D eigenvalue weighted by Gasteiger charge is 3.11. The van der Waals surface area contributed by atoms with E-state index in [1.807, 2.05) is 0 Å². The molecule has 0 aromatic carbocycles. The summed E-state index contributed by atoms with van der Waals surface area (Å²) in [5.74, 6) is 3.45. The fourth-order valence-corrected chi connectivity index (χ4v) is 6.89. The third-order valence-electron chi connectivity index (χ3n) is 6.59. The monoisotopic (exact) mass is 188 g/mol. The number of carbonyl (C=O) groups excluding carboxylic acids is 2. The van der Waals surface area contributed by atoms with Crippen molar-refractivity contribution in [3.8, 4) is 0 Å². The molecule has 6 saturated carbocycles. The largest absolute Gasteiger partial charge is 0.392 e. The zero-order valence-electron chi connectivity index (χ0n) is 7.40. The first kappa shape index (κ1) is 5.89. The molecule has 0 aromatic heterocycles. The minimum atomic E-state index is -0.243. The molecule has 2 spiro atoms. The van der Waals surface area contributed by atoms with E-state index in [1.165, 1.54) is 6.42 Å². The molecule has 0 N–H and O–H groups in total. The van der Waals surface area contributed by atoms with Gasteiger partial charge in [-0.25, -0.2) is 0 Å². The van der Waals surface area contributed by atoms with Crippen LogP contribution in [0.2, 0.25) is 0 Å². The molecule has 0 aromatic rings. The lowest BCUT2D eigenvalue weighted by Crippen LogP contribution is -2.21. The summed E-state index contributed by atoms with van der Waals surface area (Å²) in [5, 5.41) is 0. The molecule has 14 heavy (non-hydrogen) atoms. The summed E-state index contributed by atoms with van der Waals surface area (Å²) in [6.07, 6.45) is 1.31. The number of cyclic esters (lactones) is 2. The number of ether oxygens (including phenoxy) is 1. The maximum absolute atomic E-state index is 11.8. The van der Waals surface area contributed by atoms with Gasteiger partial charge in [-0.05, 0) is 41.9 Å². The Kier molecular flexibility index (Phi) is 0.459. The van der Waals surface area contributed by atoms with Crippen molar-refractivity contribution in [2.45, 2.75) is 6.42 Å². The Bertz CT molecular complexity index is 417. The Hall–Kier alpha value is -0.860. The van der Waals surface area contributed by atoms with Crippen LogP contribution in [-0.2, 0) is 14.3 Å². The number of hydrogen-bond donors (Lipinski definition) is 0. The average Bonchev–Trinajstić information content (AvgIpc) is 2.85. The molecule has 2 bridgehead atoms. The molecule has 70 valence electrons. The van der Waals surface area contributed by atoms with Crippen molar-refractivity contribution in [1.82, 2.24) is 0 Å². The third-order valence-corrected chi connectivity index (χ3v) is 6.59. The molecule has 6 aliphatic carbocycles. The molecular formula is C11H8O3. The summed E-state index contributed by atoms with van der Waals surface area (Å²) in [7, 11) is 0. The fraction of sp³-hybridized carbons (Fsp3) is 0.818. The first-order chi connectivity index (χ1) is 6.77. The van der Waals surface area contributed by atoms with Gasteiger partial charge in [0.2, 0.25) is 0 Å². The van der Waals surface area contributed by atoms with Crippen molar-refractivity contribution in [3.63, 3.8) is 0 Å². The highest BCUT2D eigenvalue weighted by atomic mass is 16.6. The van der Waals surface area contributed by atoms with Crippen LogP contribution in [0.1, 0.15) is 6.42 Å². The molecule has 3 nitrogen and oxygen atoms in total. The number of esters is 2. The third kappa shape index (κ3) is 0.220. The van der Waals surface area contributed by atoms with E-state index >= 15 is 0 Å². The van der Waals surface area contributed by atoms with E-state index in [2.05, 4.69) is 0 Å². The van der Waals surface area contributed by atoms with Crippen LogP contribution in [0.4, 0.5) is 0 Å². The van der Waals surface area contributed by atoms with Gasteiger partial charge in [-0.3, -0.25) is 9.59 Å². The van der Waals surface area contributed by atoms with Crippen LogP contribution >= 0.6 is 0 Å². The van der Waals surface area contributed by atoms with Crippen LogP contribution in [0.3, 0.4) is 0 Å². The van der Waals surface area contributed by atoms with Crippen molar-refractivity contribution in [2.75, 3.05) is 0 Å². The molecule has 4 atom stereocenters. The molecule has 7 fully saturated rings. The Balaban J connectivity index is 1.83. The zero-order valence-corrected chi connectivity index (χ0v) is 7.40. The fourth-order valence-electron chi connectivity index (χ4n) is 6.89. The second-order valence-electron chi connectivity index (χ2n) is 6.08. The van der Waals surface area contributed by atoms with Crippen LogP contribution in [0.15, 0.2) is 0 Å². The first-order valence-corrected chi connectivity index (χ1v) is 5.54. The van der Waals surface area contributed by atoms with Crippen LogP contribution in [0.25, 0.3) is 0 Å². The standard InChI is InChI=1S/C11H8O3/c12-8-10-4-2-1-3(6(4)10)7-5(2)11(7,10)9(13)14-8/h2-7H,1H2/t2?,3?,4-,5-,6-,7-,10?,11?/m1/s1. The minimum Gasteiger partial charge on any atom is -0.392 e. The number of hydrogen-bond acceptors (Lipinski definition) is 3. The molecule has 0 radical (unpaired) electrons.